The zero-order valence-corrected chi connectivity index (χ0v) is 17.9. The Morgan fingerprint density at radius 2 is 1.29 bits per heavy atom. The van der Waals surface area contributed by atoms with Crippen molar-refractivity contribution in [2.24, 2.45) is 0 Å². The van der Waals surface area contributed by atoms with Crippen LogP contribution in [0.1, 0.15) is 52.7 Å². The van der Waals surface area contributed by atoms with E-state index in [4.69, 9.17) is 0 Å². The quantitative estimate of drug-likeness (QED) is 0.319. The van der Waals surface area contributed by atoms with E-state index in [9.17, 15) is 0 Å². The lowest BCUT2D eigenvalue weighted by molar-refractivity contribution is -0.362. The molecule has 0 aliphatic heterocycles. The van der Waals surface area contributed by atoms with Crippen molar-refractivity contribution in [1.82, 2.24) is 0 Å². The molecule has 0 radical (unpaired) electrons. The number of nitrogens with one attached hydrogen (secondary N) is 1. The van der Waals surface area contributed by atoms with Gasteiger partial charge < -0.3 is 0 Å². The minimum absolute atomic E-state index is 0.136. The molecule has 0 spiro atoms. The zero-order valence-electron chi connectivity index (χ0n) is 17.9. The maximum absolute atomic E-state index is 3.51. The highest BCUT2D eigenvalue weighted by Crippen LogP contribution is 2.34. The Kier molecular flexibility index (Phi) is 4.30. The van der Waals surface area contributed by atoms with E-state index >= 15 is 0 Å². The Labute approximate surface area is 168 Å². The number of hydrogen-bond acceptors (Lipinski definition) is 0. The largest absolute Gasteiger partial charge is 0.218 e. The number of H-pyrrole nitrogens is 1. The Morgan fingerprint density at radius 3 is 2.00 bits per heavy atom. The van der Waals surface area contributed by atoms with Crippen LogP contribution in [0.15, 0.2) is 66.9 Å². The molecule has 0 saturated carbocycles. The van der Waals surface area contributed by atoms with Crippen LogP contribution in [0.5, 0.6) is 0 Å². The van der Waals surface area contributed by atoms with E-state index in [1.165, 1.54) is 43.9 Å². The minimum atomic E-state index is 0.136. The molecule has 1 N–H and O–H groups in total. The van der Waals surface area contributed by atoms with Crippen LogP contribution in [0.2, 0.25) is 0 Å². The average Bonchev–Trinajstić information content (AvgIpc) is 2.65. The molecule has 0 bridgehead atoms. The fraction of sp³-hybridized carbons (Fsp3) is 0.296. The summed E-state index contributed by atoms with van der Waals surface area (Å²) in [4.78, 5) is 3.51. The van der Waals surface area contributed by atoms with E-state index in [0.29, 0.717) is 0 Å². The third kappa shape index (κ3) is 3.30. The van der Waals surface area contributed by atoms with Gasteiger partial charge in [-0.1, -0.05) is 77.9 Å². The third-order valence-corrected chi connectivity index (χ3v) is 5.69. The minimum Gasteiger partial charge on any atom is -0.211 e. The van der Waals surface area contributed by atoms with E-state index in [1.807, 2.05) is 0 Å². The van der Waals surface area contributed by atoms with Gasteiger partial charge in [-0.05, 0) is 50.9 Å². The van der Waals surface area contributed by atoms with Gasteiger partial charge in [0, 0.05) is 17.0 Å². The second-order valence-corrected chi connectivity index (χ2v) is 9.90. The molecule has 1 nitrogen and oxygen atoms in total. The van der Waals surface area contributed by atoms with E-state index in [1.54, 1.807) is 0 Å². The van der Waals surface area contributed by atoms with Gasteiger partial charge in [0.2, 0.25) is 5.69 Å². The van der Waals surface area contributed by atoms with Gasteiger partial charge in [0.05, 0.1) is 5.39 Å². The van der Waals surface area contributed by atoms with Crippen LogP contribution >= 0.6 is 0 Å². The lowest BCUT2D eigenvalue weighted by Gasteiger charge is -2.20. The summed E-state index contributed by atoms with van der Waals surface area (Å²) in [7, 11) is 0. The van der Waals surface area contributed by atoms with E-state index in [2.05, 4.69) is 113 Å². The van der Waals surface area contributed by atoms with Crippen LogP contribution in [0.25, 0.3) is 32.8 Å². The first-order chi connectivity index (χ1) is 13.1. The van der Waals surface area contributed by atoms with E-state index in [-0.39, 0.29) is 10.8 Å². The summed E-state index contributed by atoms with van der Waals surface area (Å²) in [6.45, 7) is 13.6. The van der Waals surface area contributed by atoms with Crippen LogP contribution in [-0.4, -0.2) is 0 Å². The number of hydrogen-bond donors (Lipinski definition) is 0. The molecule has 1 aromatic heterocycles. The van der Waals surface area contributed by atoms with Crippen molar-refractivity contribution >= 4 is 21.5 Å². The van der Waals surface area contributed by atoms with Crippen molar-refractivity contribution in [1.29, 1.82) is 0 Å². The summed E-state index contributed by atoms with van der Waals surface area (Å²) in [5, 5.41) is 5.19. The Hall–Kier alpha value is -2.67. The number of aromatic amines is 1. The molecular formula is C27H30N+. The number of benzene rings is 3. The normalized spacial score (nSPS) is 12.6. The monoisotopic (exact) mass is 368 g/mol. The summed E-state index contributed by atoms with van der Waals surface area (Å²) >= 11 is 0. The van der Waals surface area contributed by atoms with Crippen LogP contribution in [0.3, 0.4) is 0 Å². The van der Waals surface area contributed by atoms with Gasteiger partial charge in [-0.2, -0.15) is 0 Å². The highest BCUT2D eigenvalue weighted by atomic mass is 14.7. The van der Waals surface area contributed by atoms with Gasteiger partial charge in [-0.3, -0.25) is 0 Å². The predicted octanol–water partition coefficient (Wildman–Crippen LogP) is 7.07. The summed E-state index contributed by atoms with van der Waals surface area (Å²) in [5.41, 5.74) is 5.45. The second-order valence-electron chi connectivity index (χ2n) is 9.90. The van der Waals surface area contributed by atoms with Crippen LogP contribution in [-0.2, 0) is 10.8 Å². The summed E-state index contributed by atoms with van der Waals surface area (Å²) < 4.78 is 0. The van der Waals surface area contributed by atoms with Gasteiger partial charge >= 0.3 is 0 Å². The summed E-state index contributed by atoms with van der Waals surface area (Å²) in [6, 6.07) is 22.5. The molecule has 0 fully saturated rings. The van der Waals surface area contributed by atoms with Gasteiger partial charge in [-0.25, -0.2) is 4.98 Å². The lowest BCUT2D eigenvalue weighted by atomic mass is 9.84. The molecule has 0 amide bonds. The summed E-state index contributed by atoms with van der Waals surface area (Å²) in [5.74, 6) is 0. The van der Waals surface area contributed by atoms with Crippen LogP contribution in [0.4, 0.5) is 0 Å². The van der Waals surface area contributed by atoms with Crippen molar-refractivity contribution < 1.29 is 4.98 Å². The summed E-state index contributed by atoms with van der Waals surface area (Å²) in [6.07, 6.45) is 2.07. The maximum atomic E-state index is 3.51. The first-order valence-corrected chi connectivity index (χ1v) is 10.1. The third-order valence-electron chi connectivity index (χ3n) is 5.69. The topological polar surface area (TPSA) is 14.1 Å². The predicted molar refractivity (Wildman–Crippen MR) is 121 cm³/mol. The molecule has 4 rings (SSSR count). The van der Waals surface area contributed by atoms with Gasteiger partial charge in [0.15, 0.2) is 6.20 Å². The lowest BCUT2D eigenvalue weighted by Crippen LogP contribution is -2.12. The molecule has 4 aromatic rings. The Bertz CT molecular complexity index is 1170. The van der Waals surface area contributed by atoms with Crippen LogP contribution < -0.4 is 4.98 Å². The molecule has 0 unspecified atom stereocenters. The molecular weight excluding hydrogens is 338 g/mol. The zero-order chi connectivity index (χ0) is 20.1. The molecule has 1 heterocycles. The average molecular weight is 369 g/mol. The van der Waals surface area contributed by atoms with Gasteiger partial charge in [0.1, 0.15) is 0 Å². The van der Waals surface area contributed by atoms with Crippen molar-refractivity contribution in [3.63, 3.8) is 0 Å². The van der Waals surface area contributed by atoms with Crippen molar-refractivity contribution in [3.8, 4) is 11.3 Å². The molecule has 28 heavy (non-hydrogen) atoms. The Balaban J connectivity index is 1.94. The van der Waals surface area contributed by atoms with Crippen molar-refractivity contribution in [2.45, 2.75) is 52.4 Å². The number of pyridine rings is 1. The maximum Gasteiger partial charge on any atom is 0.218 e. The molecule has 0 saturated heterocycles. The Morgan fingerprint density at radius 1 is 0.607 bits per heavy atom. The van der Waals surface area contributed by atoms with Crippen molar-refractivity contribution in [3.05, 3.63) is 78.0 Å². The number of fused-ring (bicyclic) bond motifs is 3. The van der Waals surface area contributed by atoms with Gasteiger partial charge in [0.25, 0.3) is 0 Å². The molecule has 142 valence electrons. The van der Waals surface area contributed by atoms with Gasteiger partial charge in [-0.15, -0.1) is 0 Å². The molecule has 1 heteroatoms. The molecule has 0 aliphatic carbocycles. The van der Waals surface area contributed by atoms with Crippen LogP contribution in [0, 0.1) is 0 Å². The van der Waals surface area contributed by atoms with E-state index < -0.39 is 0 Å². The molecule has 3 aromatic carbocycles. The van der Waals surface area contributed by atoms with Crippen molar-refractivity contribution in [2.75, 3.05) is 0 Å². The molecule has 0 atom stereocenters. The van der Waals surface area contributed by atoms with E-state index in [0.717, 1.165) is 0 Å². The smallest absolute Gasteiger partial charge is 0.211 e. The fourth-order valence-corrected chi connectivity index (χ4v) is 3.88. The fourth-order valence-electron chi connectivity index (χ4n) is 3.88. The number of aromatic nitrogens is 1. The second kappa shape index (κ2) is 6.44. The first kappa shape index (κ1) is 18.7. The highest BCUT2D eigenvalue weighted by Gasteiger charge is 2.19. The standard InChI is InChI=1S/C27H29N/c1-26(2,3)20-9-7-8-19(17-20)25-24-12-10-18-16-21(27(4,5)6)11-13-22(18)23(24)14-15-28-25/h7-17H,1-6H3/p+1. The molecule has 0 aliphatic rings. The first-order valence-electron chi connectivity index (χ1n) is 10.1. The SMILES string of the molecule is CC(C)(C)c1cccc(-c2[nH+]ccc3c2ccc2cc(C(C)(C)C)ccc23)c1. The number of rotatable bonds is 1. The highest BCUT2D eigenvalue weighted by molar-refractivity contribution is 6.10.